The number of hydrogen-bond acceptors (Lipinski definition) is 1. The zero-order chi connectivity index (χ0) is 9.23. The number of unbranched alkanes of at least 4 members (excludes halogenated alkanes) is 4. The topological polar surface area (TPSA) is 17.1 Å². The van der Waals surface area contributed by atoms with Gasteiger partial charge in [-0.2, -0.15) is 0 Å². The molecule has 0 aliphatic rings. The van der Waals surface area contributed by atoms with Crippen LogP contribution in [0.4, 0.5) is 0 Å². The fraction of sp³-hybridized carbons (Fsp3) is 0.700. The van der Waals surface area contributed by atoms with Crippen molar-refractivity contribution < 1.29 is 4.79 Å². The predicted octanol–water partition coefficient (Wildman–Crippen LogP) is 2.92. The normalized spacial score (nSPS) is 8.83. The van der Waals surface area contributed by atoms with Crippen LogP contribution in [0, 0.1) is 11.8 Å². The van der Waals surface area contributed by atoms with E-state index in [0.717, 1.165) is 12.8 Å². The fourth-order valence-corrected chi connectivity index (χ4v) is 0.975. The summed E-state index contributed by atoms with van der Waals surface area (Å²) in [6.45, 7) is 2.18. The fourth-order valence-electron chi connectivity index (χ4n) is 0.835. The molecule has 0 fully saturated rings. The van der Waals surface area contributed by atoms with Gasteiger partial charge < -0.3 is 0 Å². The minimum Gasteiger partial charge on any atom is -0.284 e. The number of halogens is 1. The zero-order valence-corrected chi connectivity index (χ0v) is 9.11. The first-order valence-electron chi connectivity index (χ1n) is 4.39. The maximum Gasteiger partial charge on any atom is 0.215 e. The van der Waals surface area contributed by atoms with E-state index in [0.29, 0.717) is 5.33 Å². The van der Waals surface area contributed by atoms with Crippen molar-refractivity contribution in [3.8, 4) is 11.8 Å². The van der Waals surface area contributed by atoms with Gasteiger partial charge in [0.1, 0.15) is 0 Å². The highest BCUT2D eigenvalue weighted by molar-refractivity contribution is 9.09. The van der Waals surface area contributed by atoms with E-state index in [1.807, 2.05) is 0 Å². The number of carbonyl (C=O) groups excluding carboxylic acids is 1. The molecule has 0 aliphatic heterocycles. The van der Waals surface area contributed by atoms with Crippen molar-refractivity contribution in [3.05, 3.63) is 0 Å². The van der Waals surface area contributed by atoms with Gasteiger partial charge in [-0.25, -0.2) is 0 Å². The third kappa shape index (κ3) is 7.81. The van der Waals surface area contributed by atoms with Gasteiger partial charge in [-0.15, -0.1) is 0 Å². The van der Waals surface area contributed by atoms with Crippen LogP contribution in [0.15, 0.2) is 0 Å². The second-order valence-corrected chi connectivity index (χ2v) is 3.23. The molecule has 0 saturated carbocycles. The summed E-state index contributed by atoms with van der Waals surface area (Å²) in [7, 11) is 0. The average Bonchev–Trinajstić information content (AvgIpc) is 2.10. The van der Waals surface area contributed by atoms with Crippen molar-refractivity contribution in [2.75, 3.05) is 5.33 Å². The molecule has 0 aromatic rings. The molecule has 0 bridgehead atoms. The Kier molecular flexibility index (Phi) is 8.59. The first-order valence-corrected chi connectivity index (χ1v) is 5.51. The Morgan fingerprint density at radius 1 is 1.33 bits per heavy atom. The van der Waals surface area contributed by atoms with E-state index < -0.39 is 0 Å². The Morgan fingerprint density at radius 3 is 2.67 bits per heavy atom. The zero-order valence-electron chi connectivity index (χ0n) is 7.53. The summed E-state index contributed by atoms with van der Waals surface area (Å²) in [6, 6.07) is 0. The number of Topliss-reactive ketones (excluding diaryl/α,β-unsaturated/α-hetero) is 1. The van der Waals surface area contributed by atoms with Crippen LogP contribution in [0.2, 0.25) is 0 Å². The molecule has 0 saturated heterocycles. The van der Waals surface area contributed by atoms with Gasteiger partial charge in [0.2, 0.25) is 5.78 Å². The monoisotopic (exact) mass is 230 g/mol. The van der Waals surface area contributed by atoms with Gasteiger partial charge in [0, 0.05) is 6.42 Å². The van der Waals surface area contributed by atoms with Gasteiger partial charge in [0.25, 0.3) is 0 Å². The van der Waals surface area contributed by atoms with Gasteiger partial charge in [0.15, 0.2) is 0 Å². The largest absolute Gasteiger partial charge is 0.284 e. The molecule has 0 N–H and O–H groups in total. The standard InChI is InChI=1S/C10H15BrO/c1-2-3-4-5-6-7-8-10(12)9-11/h2-6,9H2,1H3. The van der Waals surface area contributed by atoms with Gasteiger partial charge in [-0.05, 0) is 12.3 Å². The van der Waals surface area contributed by atoms with Crippen molar-refractivity contribution in [1.29, 1.82) is 0 Å². The highest BCUT2D eigenvalue weighted by Crippen LogP contribution is 2.00. The maximum atomic E-state index is 10.7. The first kappa shape index (κ1) is 11.7. The van der Waals surface area contributed by atoms with Crippen LogP contribution in [0.3, 0.4) is 0 Å². The third-order valence-corrected chi connectivity index (χ3v) is 2.01. The Labute approximate surface area is 83.1 Å². The van der Waals surface area contributed by atoms with Crippen molar-refractivity contribution in [2.45, 2.75) is 39.0 Å². The maximum absolute atomic E-state index is 10.7. The minimum absolute atomic E-state index is 0.0227. The molecule has 68 valence electrons. The van der Waals surface area contributed by atoms with Crippen LogP contribution in [-0.2, 0) is 4.79 Å². The number of ketones is 1. The highest BCUT2D eigenvalue weighted by atomic mass is 79.9. The summed E-state index contributed by atoms with van der Waals surface area (Å²) in [5.74, 6) is 5.42. The SMILES string of the molecule is CCCCCCC#CC(=O)CBr. The number of carbonyl (C=O) groups is 1. The van der Waals surface area contributed by atoms with Crippen LogP contribution in [0.5, 0.6) is 0 Å². The molecular formula is C10H15BrO. The Bertz CT molecular complexity index is 176. The first-order chi connectivity index (χ1) is 5.81. The summed E-state index contributed by atoms with van der Waals surface area (Å²) < 4.78 is 0. The molecule has 12 heavy (non-hydrogen) atoms. The van der Waals surface area contributed by atoms with Crippen LogP contribution in [0.1, 0.15) is 39.0 Å². The van der Waals surface area contributed by atoms with Crippen molar-refractivity contribution >= 4 is 21.7 Å². The lowest BCUT2D eigenvalue weighted by molar-refractivity contribution is -0.111. The molecule has 1 nitrogen and oxygen atoms in total. The quantitative estimate of drug-likeness (QED) is 0.307. The van der Waals surface area contributed by atoms with Crippen LogP contribution < -0.4 is 0 Å². The second kappa shape index (κ2) is 8.80. The van der Waals surface area contributed by atoms with Crippen LogP contribution >= 0.6 is 15.9 Å². The van der Waals surface area contributed by atoms with E-state index >= 15 is 0 Å². The van der Waals surface area contributed by atoms with E-state index in [4.69, 9.17) is 0 Å². The molecule has 0 spiro atoms. The number of rotatable bonds is 5. The van der Waals surface area contributed by atoms with Gasteiger partial charge in [-0.3, -0.25) is 4.79 Å². The van der Waals surface area contributed by atoms with E-state index in [1.165, 1.54) is 19.3 Å². The summed E-state index contributed by atoms with van der Waals surface area (Å²) in [4.78, 5) is 10.7. The molecule has 0 heterocycles. The predicted molar refractivity (Wildman–Crippen MR) is 55.3 cm³/mol. The van der Waals surface area contributed by atoms with Crippen molar-refractivity contribution in [2.24, 2.45) is 0 Å². The van der Waals surface area contributed by atoms with Crippen molar-refractivity contribution in [1.82, 2.24) is 0 Å². The average molecular weight is 231 g/mol. The lowest BCUT2D eigenvalue weighted by Crippen LogP contribution is -1.92. The van der Waals surface area contributed by atoms with Gasteiger partial charge >= 0.3 is 0 Å². The lowest BCUT2D eigenvalue weighted by atomic mass is 10.1. The van der Waals surface area contributed by atoms with E-state index in [-0.39, 0.29) is 5.78 Å². The van der Waals surface area contributed by atoms with Gasteiger partial charge in [-0.1, -0.05) is 48.0 Å². The third-order valence-electron chi connectivity index (χ3n) is 1.50. The highest BCUT2D eigenvalue weighted by Gasteiger charge is 1.89. The molecule has 0 aromatic heterocycles. The molecular weight excluding hydrogens is 216 g/mol. The Balaban J connectivity index is 3.27. The lowest BCUT2D eigenvalue weighted by Gasteiger charge is -1.91. The summed E-state index contributed by atoms with van der Waals surface area (Å²) >= 11 is 3.06. The number of alkyl halides is 1. The molecule has 0 atom stereocenters. The molecule has 0 rings (SSSR count). The molecule has 0 unspecified atom stereocenters. The van der Waals surface area contributed by atoms with Gasteiger partial charge in [0.05, 0.1) is 5.33 Å². The van der Waals surface area contributed by atoms with E-state index in [1.54, 1.807) is 0 Å². The van der Waals surface area contributed by atoms with Crippen LogP contribution in [0.25, 0.3) is 0 Å². The minimum atomic E-state index is -0.0227. The molecule has 0 aliphatic carbocycles. The summed E-state index contributed by atoms with van der Waals surface area (Å²) in [6.07, 6.45) is 5.73. The summed E-state index contributed by atoms with van der Waals surface area (Å²) in [5.41, 5.74) is 0. The molecule has 0 radical (unpaired) electrons. The molecule has 0 aromatic carbocycles. The van der Waals surface area contributed by atoms with Crippen LogP contribution in [-0.4, -0.2) is 11.1 Å². The Morgan fingerprint density at radius 2 is 2.08 bits per heavy atom. The Hall–Kier alpha value is -0.290. The smallest absolute Gasteiger partial charge is 0.215 e. The second-order valence-electron chi connectivity index (χ2n) is 2.67. The molecule has 0 amide bonds. The number of hydrogen-bond donors (Lipinski definition) is 0. The molecule has 2 heteroatoms. The van der Waals surface area contributed by atoms with E-state index in [2.05, 4.69) is 34.7 Å². The summed E-state index contributed by atoms with van der Waals surface area (Å²) in [5, 5.41) is 0.356. The van der Waals surface area contributed by atoms with Crippen molar-refractivity contribution in [3.63, 3.8) is 0 Å². The van der Waals surface area contributed by atoms with E-state index in [9.17, 15) is 4.79 Å².